The molecule has 0 saturated carbocycles. The molecule has 110 valence electrons. The summed E-state index contributed by atoms with van der Waals surface area (Å²) >= 11 is 0. The van der Waals surface area contributed by atoms with Crippen molar-refractivity contribution in [2.45, 2.75) is 13.0 Å². The maximum atomic E-state index is 12.2. The van der Waals surface area contributed by atoms with E-state index < -0.39 is 6.04 Å². The molecule has 6 nitrogen and oxygen atoms in total. The van der Waals surface area contributed by atoms with E-state index in [4.69, 9.17) is 0 Å². The molecule has 1 atom stereocenters. The number of carbonyl (C=O) groups excluding carboxylic acids is 1. The number of nitrogens with zero attached hydrogens (tertiary/aromatic N) is 4. The second-order valence-corrected chi connectivity index (χ2v) is 4.84. The number of hydrazone groups is 1. The van der Waals surface area contributed by atoms with Crippen molar-refractivity contribution in [2.24, 2.45) is 5.10 Å². The Morgan fingerprint density at radius 2 is 1.91 bits per heavy atom. The monoisotopic (exact) mass is 293 g/mol. The molecule has 0 fully saturated rings. The van der Waals surface area contributed by atoms with Crippen molar-refractivity contribution in [1.29, 1.82) is 0 Å². The van der Waals surface area contributed by atoms with Gasteiger partial charge in [0, 0.05) is 0 Å². The Balaban J connectivity index is 1.71. The summed E-state index contributed by atoms with van der Waals surface area (Å²) in [6.45, 7) is 1.76. The largest absolute Gasteiger partial charge is 0.271 e. The molecule has 0 unspecified atom stereocenters. The average Bonchev–Trinajstić information content (AvgIpc) is 2.99. The SMILES string of the molecule is C[C@H](C(=O)N/N=C\c1ccccc1)n1nnc2ccccc21. The molecule has 0 aliphatic heterocycles. The van der Waals surface area contributed by atoms with Gasteiger partial charge in [0.25, 0.3) is 5.91 Å². The molecule has 22 heavy (non-hydrogen) atoms. The lowest BCUT2D eigenvalue weighted by Gasteiger charge is -2.10. The van der Waals surface area contributed by atoms with Gasteiger partial charge in [-0.25, -0.2) is 10.1 Å². The molecule has 2 aromatic carbocycles. The molecule has 0 bridgehead atoms. The first-order valence-electron chi connectivity index (χ1n) is 6.93. The first kappa shape index (κ1) is 13.9. The van der Waals surface area contributed by atoms with Crippen LogP contribution < -0.4 is 5.43 Å². The Hall–Kier alpha value is -3.02. The molecule has 1 amide bonds. The van der Waals surface area contributed by atoms with Gasteiger partial charge in [0.1, 0.15) is 11.6 Å². The van der Waals surface area contributed by atoms with Gasteiger partial charge in [-0.1, -0.05) is 47.7 Å². The normalized spacial score (nSPS) is 12.6. The van der Waals surface area contributed by atoms with Crippen LogP contribution in [0.2, 0.25) is 0 Å². The minimum absolute atomic E-state index is 0.247. The molecule has 1 heterocycles. The highest BCUT2D eigenvalue weighted by Gasteiger charge is 2.17. The van der Waals surface area contributed by atoms with Crippen LogP contribution in [0.5, 0.6) is 0 Å². The van der Waals surface area contributed by atoms with Crippen molar-refractivity contribution >= 4 is 23.2 Å². The van der Waals surface area contributed by atoms with E-state index in [0.717, 1.165) is 16.6 Å². The zero-order valence-corrected chi connectivity index (χ0v) is 12.0. The summed E-state index contributed by atoms with van der Waals surface area (Å²) in [6, 6.07) is 16.6. The number of rotatable bonds is 4. The molecule has 0 aliphatic rings. The van der Waals surface area contributed by atoms with Crippen LogP contribution in [0.25, 0.3) is 11.0 Å². The number of para-hydroxylation sites is 1. The standard InChI is InChI=1S/C16H15N5O/c1-12(21-15-10-6-5-9-14(15)18-20-21)16(22)19-17-11-13-7-3-2-4-8-13/h2-12H,1H3,(H,19,22)/b17-11-/t12-/m1/s1. The van der Waals surface area contributed by atoms with Crippen molar-refractivity contribution < 1.29 is 4.79 Å². The summed E-state index contributed by atoms with van der Waals surface area (Å²) in [5.74, 6) is -0.247. The lowest BCUT2D eigenvalue weighted by molar-refractivity contribution is -0.124. The maximum absolute atomic E-state index is 12.2. The number of nitrogens with one attached hydrogen (secondary N) is 1. The van der Waals surface area contributed by atoms with Gasteiger partial charge in [-0.3, -0.25) is 4.79 Å². The third-order valence-corrected chi connectivity index (χ3v) is 3.31. The van der Waals surface area contributed by atoms with E-state index in [2.05, 4.69) is 20.8 Å². The summed E-state index contributed by atoms with van der Waals surface area (Å²) < 4.78 is 1.59. The molecule has 3 rings (SSSR count). The van der Waals surface area contributed by atoms with Crippen LogP contribution in [0.15, 0.2) is 59.7 Å². The Morgan fingerprint density at radius 1 is 1.18 bits per heavy atom. The van der Waals surface area contributed by atoms with Crippen LogP contribution in [-0.4, -0.2) is 27.1 Å². The van der Waals surface area contributed by atoms with Gasteiger partial charge >= 0.3 is 0 Å². The fourth-order valence-electron chi connectivity index (χ4n) is 2.09. The average molecular weight is 293 g/mol. The lowest BCUT2D eigenvalue weighted by atomic mass is 10.2. The highest BCUT2D eigenvalue weighted by Crippen LogP contribution is 2.15. The number of carbonyl (C=O) groups is 1. The summed E-state index contributed by atoms with van der Waals surface area (Å²) in [5.41, 5.74) is 5.02. The fourth-order valence-corrected chi connectivity index (χ4v) is 2.09. The van der Waals surface area contributed by atoms with Gasteiger partial charge in [-0.15, -0.1) is 5.10 Å². The molecule has 6 heteroatoms. The van der Waals surface area contributed by atoms with Crippen LogP contribution in [0, 0.1) is 0 Å². The number of hydrogen-bond acceptors (Lipinski definition) is 4. The Bertz CT molecular complexity index is 810. The predicted octanol–water partition coefficient (Wildman–Crippen LogP) is 2.14. The molecule has 1 N–H and O–H groups in total. The van der Waals surface area contributed by atoms with E-state index in [1.54, 1.807) is 17.8 Å². The molecule has 0 saturated heterocycles. The highest BCUT2D eigenvalue weighted by molar-refractivity contribution is 5.85. The van der Waals surface area contributed by atoms with E-state index in [0.29, 0.717) is 0 Å². The number of amides is 1. The van der Waals surface area contributed by atoms with Gasteiger partial charge in [0.2, 0.25) is 0 Å². The van der Waals surface area contributed by atoms with E-state index in [1.165, 1.54) is 0 Å². The van der Waals surface area contributed by atoms with Crippen molar-refractivity contribution in [3.8, 4) is 0 Å². The third-order valence-electron chi connectivity index (χ3n) is 3.31. The minimum Gasteiger partial charge on any atom is -0.271 e. The van der Waals surface area contributed by atoms with Crippen LogP contribution in [-0.2, 0) is 4.79 Å². The molecule has 0 spiro atoms. The van der Waals surface area contributed by atoms with E-state index in [1.807, 2.05) is 54.6 Å². The summed E-state index contributed by atoms with van der Waals surface area (Å²) in [4.78, 5) is 12.2. The number of aromatic nitrogens is 3. The topological polar surface area (TPSA) is 72.2 Å². The molecule has 0 radical (unpaired) electrons. The molecule has 0 aliphatic carbocycles. The second-order valence-electron chi connectivity index (χ2n) is 4.84. The van der Waals surface area contributed by atoms with Crippen molar-refractivity contribution in [1.82, 2.24) is 20.4 Å². The fraction of sp³-hybridized carbons (Fsp3) is 0.125. The van der Waals surface area contributed by atoms with Gasteiger partial charge in [-0.2, -0.15) is 5.10 Å². The minimum atomic E-state index is -0.500. The smallest absolute Gasteiger partial charge is 0.264 e. The first-order chi connectivity index (χ1) is 10.8. The van der Waals surface area contributed by atoms with Crippen molar-refractivity contribution in [2.75, 3.05) is 0 Å². The Morgan fingerprint density at radius 3 is 2.73 bits per heavy atom. The zero-order chi connectivity index (χ0) is 15.4. The summed E-state index contributed by atoms with van der Waals surface area (Å²) in [6.07, 6.45) is 1.60. The quantitative estimate of drug-likeness (QED) is 0.591. The van der Waals surface area contributed by atoms with Crippen LogP contribution >= 0.6 is 0 Å². The zero-order valence-electron chi connectivity index (χ0n) is 12.0. The van der Waals surface area contributed by atoms with Crippen LogP contribution in [0.4, 0.5) is 0 Å². The van der Waals surface area contributed by atoms with Gasteiger partial charge in [0.15, 0.2) is 0 Å². The number of fused-ring (bicyclic) bond motifs is 1. The van der Waals surface area contributed by atoms with Crippen molar-refractivity contribution in [3.05, 3.63) is 60.2 Å². The Kier molecular flexibility index (Phi) is 3.91. The molecule has 1 aromatic heterocycles. The number of benzene rings is 2. The molecular formula is C16H15N5O. The molecular weight excluding hydrogens is 278 g/mol. The predicted molar refractivity (Wildman–Crippen MR) is 84.4 cm³/mol. The van der Waals surface area contributed by atoms with Crippen molar-refractivity contribution in [3.63, 3.8) is 0 Å². The van der Waals surface area contributed by atoms with Gasteiger partial charge in [-0.05, 0) is 24.6 Å². The second kappa shape index (κ2) is 6.17. The maximum Gasteiger partial charge on any atom is 0.264 e. The summed E-state index contributed by atoms with van der Waals surface area (Å²) in [7, 11) is 0. The molecule has 3 aromatic rings. The first-order valence-corrected chi connectivity index (χ1v) is 6.93. The third kappa shape index (κ3) is 2.85. The van der Waals surface area contributed by atoms with E-state index in [9.17, 15) is 4.79 Å². The van der Waals surface area contributed by atoms with Gasteiger partial charge in [0.05, 0.1) is 11.7 Å². The Labute approximate surface area is 127 Å². The van der Waals surface area contributed by atoms with E-state index >= 15 is 0 Å². The van der Waals surface area contributed by atoms with Crippen LogP contribution in [0.3, 0.4) is 0 Å². The number of hydrogen-bond donors (Lipinski definition) is 1. The summed E-state index contributed by atoms with van der Waals surface area (Å²) in [5, 5.41) is 12.0. The van der Waals surface area contributed by atoms with Gasteiger partial charge < -0.3 is 0 Å². The highest BCUT2D eigenvalue weighted by atomic mass is 16.2. The van der Waals surface area contributed by atoms with Crippen LogP contribution in [0.1, 0.15) is 18.5 Å². The lowest BCUT2D eigenvalue weighted by Crippen LogP contribution is -2.28. The van der Waals surface area contributed by atoms with E-state index in [-0.39, 0.29) is 5.91 Å².